The van der Waals surface area contributed by atoms with Gasteiger partial charge in [0.05, 0.1) is 5.56 Å². The Morgan fingerprint density at radius 1 is 0.703 bits per heavy atom. The van der Waals surface area contributed by atoms with Crippen molar-refractivity contribution in [2.45, 2.75) is 32.6 Å². The molecule has 0 aliphatic heterocycles. The van der Waals surface area contributed by atoms with Crippen LogP contribution >= 0.6 is 0 Å². The van der Waals surface area contributed by atoms with Crippen molar-refractivity contribution < 1.29 is 9.90 Å². The molecule has 3 nitrogen and oxygen atoms in total. The zero-order valence-corrected chi connectivity index (χ0v) is 21.3. The molecule has 3 heteroatoms. The van der Waals surface area contributed by atoms with E-state index in [1.807, 2.05) is 12.1 Å². The van der Waals surface area contributed by atoms with Crippen molar-refractivity contribution in [3.63, 3.8) is 0 Å². The molecule has 5 aromatic carbocycles. The van der Waals surface area contributed by atoms with Crippen molar-refractivity contribution in [1.82, 2.24) is 0 Å². The van der Waals surface area contributed by atoms with Crippen molar-refractivity contribution in [2.24, 2.45) is 0 Å². The maximum atomic E-state index is 11.8. The number of aromatic carboxylic acids is 1. The van der Waals surface area contributed by atoms with Crippen LogP contribution in [-0.2, 0) is 11.8 Å². The monoisotopic (exact) mass is 483 g/mol. The van der Waals surface area contributed by atoms with Gasteiger partial charge in [-0.2, -0.15) is 0 Å². The molecule has 0 aromatic heterocycles. The lowest BCUT2D eigenvalue weighted by Gasteiger charge is -2.28. The lowest BCUT2D eigenvalue weighted by atomic mass is 9.82. The van der Waals surface area contributed by atoms with E-state index in [4.69, 9.17) is 0 Å². The second-order valence-corrected chi connectivity index (χ2v) is 10.3. The number of aryl methyl sites for hydroxylation is 1. The topological polar surface area (TPSA) is 40.5 Å². The molecule has 0 unspecified atom stereocenters. The number of hydrogen-bond donors (Lipinski definition) is 1. The highest BCUT2D eigenvalue weighted by Crippen LogP contribution is 2.50. The highest BCUT2D eigenvalue weighted by Gasteiger charge is 2.35. The number of hydrogen-bond acceptors (Lipinski definition) is 2. The normalized spacial score (nSPS) is 13.3. The number of carboxylic acid groups (broad SMARTS) is 1. The summed E-state index contributed by atoms with van der Waals surface area (Å²) in [7, 11) is 0. The van der Waals surface area contributed by atoms with Gasteiger partial charge in [-0.1, -0.05) is 81.4 Å². The molecule has 1 aliphatic rings. The Balaban J connectivity index is 1.55. The van der Waals surface area contributed by atoms with Gasteiger partial charge in [0, 0.05) is 22.5 Å². The Kier molecular flexibility index (Phi) is 5.38. The van der Waals surface area contributed by atoms with Crippen LogP contribution in [0, 0.1) is 0 Å². The third-order valence-corrected chi connectivity index (χ3v) is 7.73. The number of carboxylic acids is 1. The second kappa shape index (κ2) is 8.63. The highest BCUT2D eigenvalue weighted by atomic mass is 16.4. The lowest BCUT2D eigenvalue weighted by molar-refractivity contribution is 0.0697. The fourth-order valence-electron chi connectivity index (χ4n) is 5.70. The van der Waals surface area contributed by atoms with E-state index in [0.29, 0.717) is 0 Å². The van der Waals surface area contributed by atoms with Gasteiger partial charge in [0.2, 0.25) is 0 Å². The molecule has 0 bridgehead atoms. The number of rotatable bonds is 5. The number of fused-ring (bicyclic) bond motifs is 4. The van der Waals surface area contributed by atoms with E-state index >= 15 is 0 Å². The Hall–Kier alpha value is -4.37. The number of anilines is 3. The SMILES string of the molecule is CCc1ccc2cc(N(c3cccc(C(=O)O)c3)c3ccc4c(c3)C(C)(C)c3ccccc3-4)ccc2c1. The van der Waals surface area contributed by atoms with Gasteiger partial charge >= 0.3 is 5.97 Å². The average Bonchev–Trinajstić information content (AvgIpc) is 3.15. The summed E-state index contributed by atoms with van der Waals surface area (Å²) in [5.74, 6) is -0.932. The van der Waals surface area contributed by atoms with Crippen LogP contribution in [0.2, 0.25) is 0 Å². The van der Waals surface area contributed by atoms with Crippen LogP contribution < -0.4 is 4.90 Å². The summed E-state index contributed by atoms with van der Waals surface area (Å²) in [6.07, 6.45) is 0.999. The van der Waals surface area contributed by atoms with Gasteiger partial charge in [-0.3, -0.25) is 0 Å². The van der Waals surface area contributed by atoms with Crippen LogP contribution in [0.5, 0.6) is 0 Å². The largest absolute Gasteiger partial charge is 0.478 e. The molecule has 1 N–H and O–H groups in total. The van der Waals surface area contributed by atoms with Crippen molar-refractivity contribution in [2.75, 3.05) is 4.90 Å². The molecule has 37 heavy (non-hydrogen) atoms. The molecule has 0 radical (unpaired) electrons. The van der Waals surface area contributed by atoms with Crippen LogP contribution in [0.3, 0.4) is 0 Å². The molecule has 0 saturated heterocycles. The van der Waals surface area contributed by atoms with Crippen LogP contribution in [-0.4, -0.2) is 11.1 Å². The summed E-state index contributed by atoms with van der Waals surface area (Å²) in [5, 5.41) is 12.1. The summed E-state index contributed by atoms with van der Waals surface area (Å²) in [5.41, 5.74) is 9.42. The van der Waals surface area contributed by atoms with E-state index < -0.39 is 5.97 Å². The Morgan fingerprint density at radius 2 is 1.38 bits per heavy atom. The molecule has 1 aliphatic carbocycles. The van der Waals surface area contributed by atoms with Crippen molar-refractivity contribution >= 4 is 33.8 Å². The zero-order chi connectivity index (χ0) is 25.7. The predicted molar refractivity (Wildman–Crippen MR) is 153 cm³/mol. The Labute approximate surface area is 217 Å². The van der Waals surface area contributed by atoms with Gasteiger partial charge in [0.1, 0.15) is 0 Å². The minimum absolute atomic E-state index is 0.129. The quantitative estimate of drug-likeness (QED) is 0.271. The Morgan fingerprint density at radius 3 is 2.19 bits per heavy atom. The van der Waals surface area contributed by atoms with E-state index in [1.54, 1.807) is 12.1 Å². The Bertz CT molecular complexity index is 1680. The lowest BCUT2D eigenvalue weighted by Crippen LogP contribution is -2.16. The zero-order valence-electron chi connectivity index (χ0n) is 21.3. The summed E-state index contributed by atoms with van der Waals surface area (Å²) >= 11 is 0. The van der Waals surface area contributed by atoms with Crippen molar-refractivity contribution in [3.8, 4) is 11.1 Å². The number of carbonyl (C=O) groups is 1. The fourth-order valence-corrected chi connectivity index (χ4v) is 5.70. The van der Waals surface area contributed by atoms with Gasteiger partial charge in [0.15, 0.2) is 0 Å². The third kappa shape index (κ3) is 3.79. The first-order valence-electron chi connectivity index (χ1n) is 12.8. The van der Waals surface area contributed by atoms with Crippen molar-refractivity contribution in [1.29, 1.82) is 0 Å². The van der Waals surface area contributed by atoms with E-state index in [0.717, 1.165) is 28.9 Å². The molecule has 0 spiro atoms. The van der Waals surface area contributed by atoms with E-state index in [-0.39, 0.29) is 11.0 Å². The van der Waals surface area contributed by atoms with Gasteiger partial charge in [-0.25, -0.2) is 4.79 Å². The summed E-state index contributed by atoms with van der Waals surface area (Å²) < 4.78 is 0. The molecule has 0 amide bonds. The molecule has 6 rings (SSSR count). The van der Waals surface area contributed by atoms with Crippen molar-refractivity contribution in [3.05, 3.63) is 125 Å². The first-order chi connectivity index (χ1) is 17.9. The molecular formula is C34H29NO2. The van der Waals surface area contributed by atoms with E-state index in [2.05, 4.69) is 105 Å². The molecule has 0 fully saturated rings. The molecule has 5 aromatic rings. The van der Waals surface area contributed by atoms with Gasteiger partial charge in [-0.15, -0.1) is 0 Å². The van der Waals surface area contributed by atoms with Crippen LogP contribution in [0.25, 0.3) is 21.9 Å². The molecule has 182 valence electrons. The van der Waals surface area contributed by atoms with Crippen LogP contribution in [0.1, 0.15) is 47.8 Å². The minimum atomic E-state index is -0.932. The average molecular weight is 484 g/mol. The molecule has 0 atom stereocenters. The van der Waals surface area contributed by atoms with Gasteiger partial charge in [0.25, 0.3) is 0 Å². The molecular weight excluding hydrogens is 454 g/mol. The summed E-state index contributed by atoms with van der Waals surface area (Å²) in [6, 6.07) is 35.5. The van der Waals surface area contributed by atoms with Gasteiger partial charge in [-0.05, 0) is 87.5 Å². The first-order valence-corrected chi connectivity index (χ1v) is 12.8. The standard InChI is InChI=1S/C34H29NO2/c1-4-22-12-13-24-19-27(15-14-23(24)18-22)35(26-9-7-8-25(20-26)33(36)37)28-16-17-30-29-10-5-6-11-31(29)34(2,3)32(30)21-28/h5-21H,4H2,1-3H3,(H,36,37). The van der Waals surface area contributed by atoms with Crippen LogP contribution in [0.15, 0.2) is 103 Å². The predicted octanol–water partition coefficient (Wildman–Crippen LogP) is 8.88. The van der Waals surface area contributed by atoms with Crippen LogP contribution in [0.4, 0.5) is 17.1 Å². The molecule has 0 heterocycles. The third-order valence-electron chi connectivity index (χ3n) is 7.73. The maximum Gasteiger partial charge on any atom is 0.335 e. The minimum Gasteiger partial charge on any atom is -0.478 e. The fraction of sp³-hybridized carbons (Fsp3) is 0.147. The maximum absolute atomic E-state index is 11.8. The van der Waals surface area contributed by atoms with Gasteiger partial charge < -0.3 is 10.0 Å². The summed E-state index contributed by atoms with van der Waals surface area (Å²) in [4.78, 5) is 14.0. The highest BCUT2D eigenvalue weighted by molar-refractivity contribution is 5.93. The molecule has 0 saturated carbocycles. The van der Waals surface area contributed by atoms with E-state index in [9.17, 15) is 9.90 Å². The number of nitrogens with zero attached hydrogens (tertiary/aromatic N) is 1. The second-order valence-electron chi connectivity index (χ2n) is 10.3. The van der Waals surface area contributed by atoms with E-state index in [1.165, 1.54) is 33.2 Å². The smallest absolute Gasteiger partial charge is 0.335 e. The summed E-state index contributed by atoms with van der Waals surface area (Å²) in [6.45, 7) is 6.72. The number of benzene rings is 5. The first kappa shape index (κ1) is 23.1.